The summed E-state index contributed by atoms with van der Waals surface area (Å²) in [7, 11) is 0. The number of phenols is 1. The summed E-state index contributed by atoms with van der Waals surface area (Å²) in [5, 5.41) is 13.0. The lowest BCUT2D eigenvalue weighted by molar-refractivity contribution is 0.00662. The van der Waals surface area contributed by atoms with Crippen molar-refractivity contribution in [3.8, 4) is 5.75 Å². The van der Waals surface area contributed by atoms with Crippen molar-refractivity contribution in [3.05, 3.63) is 29.8 Å². The summed E-state index contributed by atoms with van der Waals surface area (Å²) in [4.78, 5) is 14.1. The lowest BCUT2D eigenvalue weighted by Crippen LogP contribution is -2.50. The molecule has 0 saturated heterocycles. The lowest BCUT2D eigenvalue weighted by atomic mass is 10.1. The summed E-state index contributed by atoms with van der Waals surface area (Å²) >= 11 is 0. The van der Waals surface area contributed by atoms with E-state index in [-0.39, 0.29) is 17.4 Å². The molecule has 0 aromatic heterocycles. The summed E-state index contributed by atoms with van der Waals surface area (Å²) in [6.45, 7) is 13.3. The number of hydrogen-bond acceptors (Lipinski definition) is 4. The molecule has 0 aliphatic heterocycles. The summed E-state index contributed by atoms with van der Waals surface area (Å²) in [6, 6.07) is 7.22. The molecular formula is C18H30N2O3. The van der Waals surface area contributed by atoms with Gasteiger partial charge < -0.3 is 20.1 Å². The van der Waals surface area contributed by atoms with E-state index in [2.05, 4.69) is 5.32 Å². The van der Waals surface area contributed by atoms with Gasteiger partial charge in [-0.2, -0.15) is 0 Å². The molecule has 130 valence electrons. The smallest absolute Gasteiger partial charge is 0.410 e. The van der Waals surface area contributed by atoms with Crippen LogP contribution in [-0.2, 0) is 11.3 Å². The van der Waals surface area contributed by atoms with E-state index in [0.29, 0.717) is 19.6 Å². The number of ether oxygens (including phenoxy) is 1. The third kappa shape index (κ3) is 6.91. The molecule has 0 aliphatic carbocycles. The van der Waals surface area contributed by atoms with Crippen molar-refractivity contribution in [1.82, 2.24) is 10.2 Å². The minimum Gasteiger partial charge on any atom is -0.508 e. The SMILES string of the molecule is CC(C)(C)OC(=O)N(CCNCc1ccccc1O)C(C)(C)C. The summed E-state index contributed by atoms with van der Waals surface area (Å²) in [5.74, 6) is 0.278. The molecule has 0 spiro atoms. The molecule has 1 amide bonds. The Kier molecular flexibility index (Phi) is 6.45. The van der Waals surface area contributed by atoms with Crippen LogP contribution in [0.3, 0.4) is 0 Å². The number of hydrogen-bond donors (Lipinski definition) is 2. The van der Waals surface area contributed by atoms with Crippen molar-refractivity contribution >= 4 is 6.09 Å². The van der Waals surface area contributed by atoms with E-state index in [1.165, 1.54) is 0 Å². The highest BCUT2D eigenvalue weighted by atomic mass is 16.6. The molecule has 23 heavy (non-hydrogen) atoms. The van der Waals surface area contributed by atoms with Crippen LogP contribution in [0.25, 0.3) is 0 Å². The zero-order valence-electron chi connectivity index (χ0n) is 15.1. The van der Waals surface area contributed by atoms with Gasteiger partial charge in [-0.05, 0) is 47.6 Å². The first-order valence-electron chi connectivity index (χ1n) is 7.99. The minimum atomic E-state index is -0.510. The second-order valence-electron chi connectivity index (χ2n) is 7.61. The Balaban J connectivity index is 2.56. The first kappa shape index (κ1) is 19.3. The van der Waals surface area contributed by atoms with Crippen LogP contribution in [0.1, 0.15) is 47.1 Å². The molecule has 0 unspecified atom stereocenters. The maximum Gasteiger partial charge on any atom is 0.410 e. The van der Waals surface area contributed by atoms with Crippen molar-refractivity contribution in [2.75, 3.05) is 13.1 Å². The van der Waals surface area contributed by atoms with E-state index in [4.69, 9.17) is 4.74 Å². The van der Waals surface area contributed by atoms with E-state index in [1.54, 1.807) is 17.0 Å². The summed E-state index contributed by atoms with van der Waals surface area (Å²) in [6.07, 6.45) is -0.311. The maximum atomic E-state index is 12.4. The van der Waals surface area contributed by atoms with Crippen molar-refractivity contribution in [1.29, 1.82) is 0 Å². The fraction of sp³-hybridized carbons (Fsp3) is 0.611. The van der Waals surface area contributed by atoms with Gasteiger partial charge in [-0.1, -0.05) is 18.2 Å². The molecule has 0 aliphatic rings. The number of para-hydroxylation sites is 1. The van der Waals surface area contributed by atoms with Gasteiger partial charge in [0.2, 0.25) is 0 Å². The molecule has 1 aromatic rings. The maximum absolute atomic E-state index is 12.4. The van der Waals surface area contributed by atoms with Gasteiger partial charge in [-0.25, -0.2) is 4.79 Å². The Hall–Kier alpha value is -1.75. The average molecular weight is 322 g/mol. The van der Waals surface area contributed by atoms with Crippen LogP contribution in [0.15, 0.2) is 24.3 Å². The van der Waals surface area contributed by atoms with Crippen molar-refractivity contribution in [2.45, 2.75) is 59.2 Å². The highest BCUT2D eigenvalue weighted by molar-refractivity contribution is 5.69. The molecule has 0 radical (unpaired) electrons. The van der Waals surface area contributed by atoms with Crippen LogP contribution in [-0.4, -0.2) is 40.3 Å². The predicted molar refractivity (Wildman–Crippen MR) is 92.5 cm³/mol. The molecule has 0 bridgehead atoms. The zero-order chi connectivity index (χ0) is 17.7. The first-order valence-corrected chi connectivity index (χ1v) is 7.99. The standard InChI is InChI=1S/C18H30N2O3/c1-17(2,3)20(16(22)23-18(4,5)6)12-11-19-13-14-9-7-8-10-15(14)21/h7-10,19,21H,11-13H2,1-6H3. The van der Waals surface area contributed by atoms with Gasteiger partial charge in [0.15, 0.2) is 0 Å². The number of carbonyl (C=O) groups is 1. The van der Waals surface area contributed by atoms with Crippen LogP contribution in [0.2, 0.25) is 0 Å². The van der Waals surface area contributed by atoms with E-state index < -0.39 is 5.60 Å². The molecule has 0 saturated carbocycles. The van der Waals surface area contributed by atoms with E-state index >= 15 is 0 Å². The van der Waals surface area contributed by atoms with Crippen LogP contribution in [0.5, 0.6) is 5.75 Å². The van der Waals surface area contributed by atoms with Gasteiger partial charge in [0.05, 0.1) is 0 Å². The van der Waals surface area contributed by atoms with Crippen molar-refractivity contribution in [2.24, 2.45) is 0 Å². The molecule has 0 fully saturated rings. The molecule has 0 heterocycles. The Morgan fingerprint density at radius 2 is 1.78 bits per heavy atom. The Morgan fingerprint density at radius 1 is 1.17 bits per heavy atom. The van der Waals surface area contributed by atoms with Gasteiger partial charge >= 0.3 is 6.09 Å². The number of nitrogens with one attached hydrogen (secondary N) is 1. The first-order chi connectivity index (χ1) is 10.5. The topological polar surface area (TPSA) is 61.8 Å². The van der Waals surface area contributed by atoms with Crippen molar-refractivity contribution < 1.29 is 14.6 Å². The van der Waals surface area contributed by atoms with Crippen LogP contribution >= 0.6 is 0 Å². The van der Waals surface area contributed by atoms with Crippen LogP contribution < -0.4 is 5.32 Å². The fourth-order valence-electron chi connectivity index (χ4n) is 2.09. The van der Waals surface area contributed by atoms with Gasteiger partial charge in [0.25, 0.3) is 0 Å². The van der Waals surface area contributed by atoms with Gasteiger partial charge in [-0.15, -0.1) is 0 Å². The van der Waals surface area contributed by atoms with E-state index in [9.17, 15) is 9.90 Å². The minimum absolute atomic E-state index is 0.278. The van der Waals surface area contributed by atoms with Gasteiger partial charge in [0, 0.05) is 30.7 Å². The number of rotatable bonds is 5. The molecule has 2 N–H and O–H groups in total. The molecular weight excluding hydrogens is 292 g/mol. The summed E-state index contributed by atoms with van der Waals surface area (Å²) in [5.41, 5.74) is 0.00927. The second-order valence-corrected chi connectivity index (χ2v) is 7.61. The number of phenolic OH excluding ortho intramolecular Hbond substituents is 1. The molecule has 5 heteroatoms. The number of carbonyl (C=O) groups excluding carboxylic acids is 1. The van der Waals surface area contributed by atoms with E-state index in [0.717, 1.165) is 5.56 Å². The summed E-state index contributed by atoms with van der Waals surface area (Å²) < 4.78 is 5.48. The number of amides is 1. The second kappa shape index (κ2) is 7.68. The van der Waals surface area contributed by atoms with E-state index in [1.807, 2.05) is 53.7 Å². The van der Waals surface area contributed by atoms with Crippen molar-refractivity contribution in [3.63, 3.8) is 0 Å². The monoisotopic (exact) mass is 322 g/mol. The van der Waals surface area contributed by atoms with Crippen LogP contribution in [0.4, 0.5) is 4.79 Å². The zero-order valence-corrected chi connectivity index (χ0v) is 15.1. The third-order valence-electron chi connectivity index (χ3n) is 3.24. The Labute approximate surface area is 139 Å². The normalized spacial score (nSPS) is 12.1. The largest absolute Gasteiger partial charge is 0.508 e. The average Bonchev–Trinajstić information content (AvgIpc) is 2.36. The quantitative estimate of drug-likeness (QED) is 0.814. The number of benzene rings is 1. The fourth-order valence-corrected chi connectivity index (χ4v) is 2.09. The third-order valence-corrected chi connectivity index (χ3v) is 3.24. The predicted octanol–water partition coefficient (Wildman–Crippen LogP) is 3.52. The molecule has 1 aromatic carbocycles. The molecule has 5 nitrogen and oxygen atoms in total. The van der Waals surface area contributed by atoms with Gasteiger partial charge in [0.1, 0.15) is 11.4 Å². The van der Waals surface area contributed by atoms with Crippen LogP contribution in [0, 0.1) is 0 Å². The Bertz CT molecular complexity index is 516. The molecule has 0 atom stereocenters. The number of nitrogens with zero attached hydrogens (tertiary/aromatic N) is 1. The number of aromatic hydroxyl groups is 1. The molecule has 1 rings (SSSR count). The highest BCUT2D eigenvalue weighted by Gasteiger charge is 2.30. The Morgan fingerprint density at radius 3 is 2.30 bits per heavy atom. The highest BCUT2D eigenvalue weighted by Crippen LogP contribution is 2.18. The van der Waals surface area contributed by atoms with Gasteiger partial charge in [-0.3, -0.25) is 0 Å². The lowest BCUT2D eigenvalue weighted by Gasteiger charge is -2.37.